The van der Waals surface area contributed by atoms with Crippen molar-refractivity contribution in [1.82, 2.24) is 5.32 Å². The number of rotatable bonds is 5. The predicted octanol–water partition coefficient (Wildman–Crippen LogP) is 2.62. The number of anilines is 2. The van der Waals surface area contributed by atoms with E-state index in [9.17, 15) is 14.4 Å². The van der Waals surface area contributed by atoms with E-state index in [-0.39, 0.29) is 30.1 Å². The molecular formula is C21H23N3O3. The zero-order valence-electron chi connectivity index (χ0n) is 15.5. The van der Waals surface area contributed by atoms with E-state index in [1.807, 2.05) is 31.2 Å². The summed E-state index contributed by atoms with van der Waals surface area (Å²) in [6.07, 6.45) is 0.185. The Balaban J connectivity index is 1.63. The summed E-state index contributed by atoms with van der Waals surface area (Å²) in [6.45, 7) is 4.22. The van der Waals surface area contributed by atoms with Gasteiger partial charge in [0, 0.05) is 37.8 Å². The van der Waals surface area contributed by atoms with Gasteiger partial charge in [-0.1, -0.05) is 35.9 Å². The molecule has 1 unspecified atom stereocenters. The van der Waals surface area contributed by atoms with Crippen molar-refractivity contribution in [2.75, 3.05) is 16.8 Å². The fraction of sp³-hybridized carbons (Fsp3) is 0.286. The molecule has 2 aromatic rings. The predicted molar refractivity (Wildman–Crippen MR) is 104 cm³/mol. The van der Waals surface area contributed by atoms with E-state index in [1.165, 1.54) is 6.92 Å². The van der Waals surface area contributed by atoms with Gasteiger partial charge >= 0.3 is 0 Å². The molecule has 2 N–H and O–H groups in total. The molecule has 1 saturated heterocycles. The minimum Gasteiger partial charge on any atom is -0.352 e. The second kappa shape index (κ2) is 8.03. The molecule has 140 valence electrons. The average molecular weight is 365 g/mol. The van der Waals surface area contributed by atoms with Gasteiger partial charge < -0.3 is 15.5 Å². The molecule has 3 amide bonds. The highest BCUT2D eigenvalue weighted by Gasteiger charge is 2.35. The van der Waals surface area contributed by atoms with Crippen LogP contribution in [0.4, 0.5) is 11.4 Å². The van der Waals surface area contributed by atoms with Crippen molar-refractivity contribution in [2.24, 2.45) is 5.92 Å². The zero-order chi connectivity index (χ0) is 19.4. The molecule has 3 rings (SSSR count). The van der Waals surface area contributed by atoms with Crippen LogP contribution in [-0.4, -0.2) is 24.3 Å². The molecule has 6 heteroatoms. The monoisotopic (exact) mass is 365 g/mol. The molecule has 1 aliphatic rings. The van der Waals surface area contributed by atoms with E-state index in [1.54, 1.807) is 29.2 Å². The number of carbonyl (C=O) groups is 3. The van der Waals surface area contributed by atoms with Gasteiger partial charge in [-0.25, -0.2) is 0 Å². The lowest BCUT2D eigenvalue weighted by Crippen LogP contribution is -2.32. The number of amides is 3. The van der Waals surface area contributed by atoms with Crippen LogP contribution in [-0.2, 0) is 20.9 Å². The number of hydrogen-bond donors (Lipinski definition) is 2. The third-order valence-electron chi connectivity index (χ3n) is 4.52. The smallest absolute Gasteiger partial charge is 0.227 e. The van der Waals surface area contributed by atoms with Crippen molar-refractivity contribution < 1.29 is 14.4 Å². The lowest BCUT2D eigenvalue weighted by Gasteiger charge is -2.18. The molecule has 0 spiro atoms. The van der Waals surface area contributed by atoms with Crippen molar-refractivity contribution >= 4 is 29.1 Å². The molecular weight excluding hydrogens is 342 g/mol. The fourth-order valence-electron chi connectivity index (χ4n) is 3.24. The molecule has 6 nitrogen and oxygen atoms in total. The van der Waals surface area contributed by atoms with Gasteiger partial charge in [0.2, 0.25) is 17.7 Å². The Morgan fingerprint density at radius 2 is 1.93 bits per heavy atom. The maximum absolute atomic E-state index is 12.5. The fourth-order valence-corrected chi connectivity index (χ4v) is 3.24. The molecule has 27 heavy (non-hydrogen) atoms. The summed E-state index contributed by atoms with van der Waals surface area (Å²) in [4.78, 5) is 37.7. The Kier molecular flexibility index (Phi) is 5.54. The summed E-state index contributed by atoms with van der Waals surface area (Å²) in [6, 6.07) is 15.0. The van der Waals surface area contributed by atoms with Gasteiger partial charge in [0.1, 0.15) is 0 Å². The van der Waals surface area contributed by atoms with Gasteiger partial charge in [0.05, 0.1) is 5.92 Å². The summed E-state index contributed by atoms with van der Waals surface area (Å²) in [5, 5.41) is 5.63. The first kappa shape index (κ1) is 18.6. The van der Waals surface area contributed by atoms with Crippen molar-refractivity contribution in [3.63, 3.8) is 0 Å². The Hall–Kier alpha value is -3.15. The standard InChI is InChI=1S/C21H23N3O3/c1-14-5-3-6-16(9-14)12-22-21(27)17-10-20(26)24(13-17)19-8-4-7-18(11-19)23-15(2)25/h3-9,11,17H,10,12-13H2,1-2H3,(H,22,27)(H,23,25). The molecule has 0 bridgehead atoms. The second-order valence-corrected chi connectivity index (χ2v) is 6.84. The molecule has 1 atom stereocenters. The maximum atomic E-state index is 12.5. The van der Waals surface area contributed by atoms with Crippen LogP contribution in [0.1, 0.15) is 24.5 Å². The molecule has 1 aliphatic heterocycles. The highest BCUT2D eigenvalue weighted by atomic mass is 16.2. The van der Waals surface area contributed by atoms with Crippen LogP contribution >= 0.6 is 0 Å². The molecule has 0 saturated carbocycles. The number of nitrogens with zero attached hydrogens (tertiary/aromatic N) is 1. The summed E-state index contributed by atoms with van der Waals surface area (Å²) in [7, 11) is 0. The highest BCUT2D eigenvalue weighted by molar-refractivity contribution is 6.01. The summed E-state index contributed by atoms with van der Waals surface area (Å²) < 4.78 is 0. The van der Waals surface area contributed by atoms with Gasteiger partial charge in [-0.3, -0.25) is 14.4 Å². The number of hydrogen-bond acceptors (Lipinski definition) is 3. The molecule has 2 aromatic carbocycles. The van der Waals surface area contributed by atoms with Gasteiger partial charge in [-0.05, 0) is 30.7 Å². The summed E-state index contributed by atoms with van der Waals surface area (Å²) in [5.74, 6) is -0.768. The van der Waals surface area contributed by atoms with E-state index in [0.717, 1.165) is 11.1 Å². The van der Waals surface area contributed by atoms with Crippen LogP contribution < -0.4 is 15.5 Å². The molecule has 0 aliphatic carbocycles. The Morgan fingerprint density at radius 3 is 2.67 bits per heavy atom. The first-order chi connectivity index (χ1) is 12.9. The minimum absolute atomic E-state index is 0.0920. The van der Waals surface area contributed by atoms with Crippen molar-refractivity contribution in [1.29, 1.82) is 0 Å². The Labute approximate surface area is 158 Å². The van der Waals surface area contributed by atoms with Crippen LogP contribution in [0.5, 0.6) is 0 Å². The SMILES string of the molecule is CC(=O)Nc1cccc(N2CC(C(=O)NCc3cccc(C)c3)CC2=O)c1. The zero-order valence-corrected chi connectivity index (χ0v) is 15.5. The average Bonchev–Trinajstić information content (AvgIpc) is 3.01. The molecule has 0 aromatic heterocycles. The normalized spacial score (nSPS) is 16.3. The van der Waals surface area contributed by atoms with Gasteiger partial charge in [0.15, 0.2) is 0 Å². The van der Waals surface area contributed by atoms with E-state index >= 15 is 0 Å². The first-order valence-corrected chi connectivity index (χ1v) is 8.93. The van der Waals surface area contributed by atoms with Gasteiger partial charge in [0.25, 0.3) is 0 Å². The quantitative estimate of drug-likeness (QED) is 0.855. The van der Waals surface area contributed by atoms with Crippen LogP contribution in [0.2, 0.25) is 0 Å². The third kappa shape index (κ3) is 4.73. The molecule has 1 heterocycles. The lowest BCUT2D eigenvalue weighted by atomic mass is 10.1. The number of nitrogens with one attached hydrogen (secondary N) is 2. The van der Waals surface area contributed by atoms with Crippen molar-refractivity contribution in [3.8, 4) is 0 Å². The Morgan fingerprint density at radius 1 is 1.15 bits per heavy atom. The van der Waals surface area contributed by atoms with Crippen molar-refractivity contribution in [3.05, 3.63) is 59.7 Å². The van der Waals surface area contributed by atoms with E-state index in [2.05, 4.69) is 10.6 Å². The minimum atomic E-state index is -0.383. The number of carbonyl (C=O) groups excluding carboxylic acids is 3. The first-order valence-electron chi connectivity index (χ1n) is 8.93. The summed E-state index contributed by atoms with van der Waals surface area (Å²) >= 11 is 0. The van der Waals surface area contributed by atoms with E-state index < -0.39 is 0 Å². The molecule has 0 radical (unpaired) electrons. The lowest BCUT2D eigenvalue weighted by molar-refractivity contribution is -0.126. The largest absolute Gasteiger partial charge is 0.352 e. The number of benzene rings is 2. The molecule has 1 fully saturated rings. The summed E-state index contributed by atoms with van der Waals surface area (Å²) in [5.41, 5.74) is 3.48. The van der Waals surface area contributed by atoms with Crippen LogP contribution in [0.15, 0.2) is 48.5 Å². The highest BCUT2D eigenvalue weighted by Crippen LogP contribution is 2.27. The van der Waals surface area contributed by atoms with Crippen LogP contribution in [0, 0.1) is 12.8 Å². The van der Waals surface area contributed by atoms with Gasteiger partial charge in [-0.15, -0.1) is 0 Å². The Bertz CT molecular complexity index is 878. The van der Waals surface area contributed by atoms with Crippen molar-refractivity contribution in [2.45, 2.75) is 26.8 Å². The topological polar surface area (TPSA) is 78.5 Å². The van der Waals surface area contributed by atoms with Crippen LogP contribution in [0.3, 0.4) is 0 Å². The number of aryl methyl sites for hydroxylation is 1. The van der Waals surface area contributed by atoms with Gasteiger partial charge in [-0.2, -0.15) is 0 Å². The van der Waals surface area contributed by atoms with E-state index in [4.69, 9.17) is 0 Å². The van der Waals surface area contributed by atoms with E-state index in [0.29, 0.717) is 24.5 Å². The third-order valence-corrected chi connectivity index (χ3v) is 4.52. The van der Waals surface area contributed by atoms with Crippen LogP contribution in [0.25, 0.3) is 0 Å². The maximum Gasteiger partial charge on any atom is 0.227 e. The second-order valence-electron chi connectivity index (χ2n) is 6.84.